The molecular formula is C12H15BrCl2N2O3S. The van der Waals surface area contributed by atoms with Gasteiger partial charge < -0.3 is 5.32 Å². The first-order chi connectivity index (χ1) is 9.51. The van der Waals surface area contributed by atoms with Gasteiger partial charge in [-0.05, 0) is 26.0 Å². The molecule has 0 fully saturated rings. The fourth-order valence-corrected chi connectivity index (χ4v) is 4.70. The van der Waals surface area contributed by atoms with Crippen LogP contribution < -0.4 is 10.0 Å². The molecule has 0 atom stereocenters. The van der Waals surface area contributed by atoms with Gasteiger partial charge in [0, 0.05) is 18.1 Å². The Labute approximate surface area is 142 Å². The molecule has 0 aliphatic rings. The molecule has 0 bridgehead atoms. The predicted octanol–water partition coefficient (Wildman–Crippen LogP) is 2.81. The van der Waals surface area contributed by atoms with Crippen molar-refractivity contribution in [3.05, 3.63) is 26.7 Å². The number of nitrogens with one attached hydrogen (secondary N) is 2. The monoisotopic (exact) mass is 416 g/mol. The highest BCUT2D eigenvalue weighted by Gasteiger charge is 2.30. The zero-order valence-electron chi connectivity index (χ0n) is 11.6. The van der Waals surface area contributed by atoms with Crippen LogP contribution >= 0.6 is 39.1 Å². The molecule has 118 valence electrons. The van der Waals surface area contributed by atoms with Crippen molar-refractivity contribution in [2.24, 2.45) is 5.41 Å². The summed E-state index contributed by atoms with van der Waals surface area (Å²) in [5.74, 6) is -0.279. The molecule has 5 nitrogen and oxygen atoms in total. The summed E-state index contributed by atoms with van der Waals surface area (Å²) >= 11 is 15.1. The fourth-order valence-electron chi connectivity index (χ4n) is 1.55. The Morgan fingerprint density at radius 2 is 1.76 bits per heavy atom. The summed E-state index contributed by atoms with van der Waals surface area (Å²) in [5, 5.41) is 2.48. The molecule has 1 amide bonds. The molecule has 0 spiro atoms. The minimum absolute atomic E-state index is 0.000348. The average molecular weight is 418 g/mol. The number of sulfonamides is 1. The van der Waals surface area contributed by atoms with Gasteiger partial charge in [0.2, 0.25) is 15.9 Å². The summed E-state index contributed by atoms with van der Waals surface area (Å²) in [7, 11) is -2.44. The average Bonchev–Trinajstić information content (AvgIpc) is 2.34. The lowest BCUT2D eigenvalue weighted by molar-refractivity contribution is -0.128. The zero-order valence-corrected chi connectivity index (χ0v) is 15.5. The van der Waals surface area contributed by atoms with Gasteiger partial charge >= 0.3 is 0 Å². The number of amides is 1. The van der Waals surface area contributed by atoms with Gasteiger partial charge in [-0.1, -0.05) is 39.1 Å². The molecule has 21 heavy (non-hydrogen) atoms. The van der Waals surface area contributed by atoms with Gasteiger partial charge in [0.05, 0.1) is 15.5 Å². The van der Waals surface area contributed by atoms with Crippen molar-refractivity contribution in [3.63, 3.8) is 0 Å². The number of benzene rings is 1. The number of hydrogen-bond acceptors (Lipinski definition) is 3. The van der Waals surface area contributed by atoms with Crippen molar-refractivity contribution >= 4 is 55.1 Å². The number of carbonyl (C=O) groups excluding carboxylic acids is 1. The van der Waals surface area contributed by atoms with Crippen molar-refractivity contribution in [1.29, 1.82) is 0 Å². The highest BCUT2D eigenvalue weighted by molar-refractivity contribution is 9.10. The van der Waals surface area contributed by atoms with Crippen LogP contribution in [0.3, 0.4) is 0 Å². The van der Waals surface area contributed by atoms with E-state index in [-0.39, 0.29) is 27.4 Å². The van der Waals surface area contributed by atoms with Crippen LogP contribution in [0.1, 0.15) is 13.8 Å². The van der Waals surface area contributed by atoms with E-state index in [2.05, 4.69) is 26.0 Å². The van der Waals surface area contributed by atoms with Crippen LogP contribution in [-0.4, -0.2) is 27.9 Å². The Hall–Kier alpha value is -0.340. The molecule has 0 aliphatic heterocycles. The molecule has 0 aromatic heterocycles. The van der Waals surface area contributed by atoms with Crippen LogP contribution in [0.2, 0.25) is 10.0 Å². The van der Waals surface area contributed by atoms with Gasteiger partial charge in [-0.2, -0.15) is 0 Å². The first-order valence-corrected chi connectivity index (χ1v) is 8.91. The molecule has 1 rings (SSSR count). The van der Waals surface area contributed by atoms with Gasteiger partial charge in [0.1, 0.15) is 4.90 Å². The summed E-state index contributed by atoms with van der Waals surface area (Å²) in [6.45, 7) is 3.16. The van der Waals surface area contributed by atoms with Crippen molar-refractivity contribution in [2.45, 2.75) is 18.7 Å². The Morgan fingerprint density at radius 1 is 1.29 bits per heavy atom. The Kier molecular flexibility index (Phi) is 6.08. The molecular weight excluding hydrogens is 403 g/mol. The minimum atomic E-state index is -3.93. The second-order valence-corrected chi connectivity index (χ2v) is 8.42. The normalized spacial score (nSPS) is 12.3. The summed E-state index contributed by atoms with van der Waals surface area (Å²) in [6.07, 6.45) is 0. The first kappa shape index (κ1) is 18.7. The maximum atomic E-state index is 12.3. The van der Waals surface area contributed by atoms with E-state index in [1.807, 2.05) is 0 Å². The summed E-state index contributed by atoms with van der Waals surface area (Å²) < 4.78 is 27.6. The molecule has 0 aliphatic carbocycles. The van der Waals surface area contributed by atoms with Crippen LogP contribution in [0.25, 0.3) is 0 Å². The lowest BCUT2D eigenvalue weighted by Gasteiger charge is -2.23. The Morgan fingerprint density at radius 3 is 2.19 bits per heavy atom. The molecule has 1 aromatic rings. The van der Waals surface area contributed by atoms with E-state index in [4.69, 9.17) is 23.2 Å². The Balaban J connectivity index is 3.07. The van der Waals surface area contributed by atoms with Crippen molar-refractivity contribution in [1.82, 2.24) is 10.0 Å². The van der Waals surface area contributed by atoms with E-state index in [0.29, 0.717) is 4.47 Å². The first-order valence-electron chi connectivity index (χ1n) is 5.87. The molecule has 0 unspecified atom stereocenters. The fraction of sp³-hybridized carbons (Fsp3) is 0.417. The number of carbonyl (C=O) groups is 1. The van der Waals surface area contributed by atoms with E-state index < -0.39 is 15.4 Å². The van der Waals surface area contributed by atoms with Gasteiger partial charge in [-0.3, -0.25) is 4.79 Å². The van der Waals surface area contributed by atoms with Crippen LogP contribution in [0.15, 0.2) is 21.5 Å². The summed E-state index contributed by atoms with van der Waals surface area (Å²) in [4.78, 5) is 11.5. The quantitative estimate of drug-likeness (QED) is 0.773. The van der Waals surface area contributed by atoms with Gasteiger partial charge in [-0.15, -0.1) is 0 Å². The van der Waals surface area contributed by atoms with E-state index in [1.54, 1.807) is 13.8 Å². The number of rotatable bonds is 5. The minimum Gasteiger partial charge on any atom is -0.359 e. The second kappa shape index (κ2) is 6.83. The van der Waals surface area contributed by atoms with Crippen molar-refractivity contribution in [3.8, 4) is 0 Å². The standard InChI is InChI=1S/C12H15BrCl2N2O3S/c1-12(2,11(18)16-3)6-17-21(19,20)10-8(14)4-7(13)5-9(10)15/h4-5,17H,6H2,1-3H3,(H,16,18). The third-order valence-electron chi connectivity index (χ3n) is 2.78. The van der Waals surface area contributed by atoms with E-state index in [0.717, 1.165) is 0 Å². The van der Waals surface area contributed by atoms with Crippen molar-refractivity contribution < 1.29 is 13.2 Å². The van der Waals surface area contributed by atoms with Gasteiger partial charge in [0.25, 0.3) is 0 Å². The topological polar surface area (TPSA) is 75.3 Å². The smallest absolute Gasteiger partial charge is 0.243 e. The third kappa shape index (κ3) is 4.56. The maximum Gasteiger partial charge on any atom is 0.243 e. The lowest BCUT2D eigenvalue weighted by Crippen LogP contribution is -2.43. The van der Waals surface area contributed by atoms with Gasteiger partial charge in [0.15, 0.2) is 0 Å². The second-order valence-electron chi connectivity index (χ2n) is 4.99. The highest BCUT2D eigenvalue weighted by atomic mass is 79.9. The van der Waals surface area contributed by atoms with Crippen LogP contribution in [-0.2, 0) is 14.8 Å². The van der Waals surface area contributed by atoms with Crippen LogP contribution in [0, 0.1) is 5.41 Å². The SMILES string of the molecule is CNC(=O)C(C)(C)CNS(=O)(=O)c1c(Cl)cc(Br)cc1Cl. The molecule has 0 radical (unpaired) electrons. The molecule has 0 saturated heterocycles. The lowest BCUT2D eigenvalue weighted by atomic mass is 9.93. The molecule has 2 N–H and O–H groups in total. The summed E-state index contributed by atoms with van der Waals surface area (Å²) in [5.41, 5.74) is -0.907. The Bertz CT molecular complexity index is 639. The third-order valence-corrected chi connectivity index (χ3v) is 5.56. The van der Waals surface area contributed by atoms with Crippen LogP contribution in [0.4, 0.5) is 0 Å². The number of hydrogen-bond donors (Lipinski definition) is 2. The zero-order chi connectivity index (χ0) is 16.4. The van der Waals surface area contributed by atoms with Crippen molar-refractivity contribution in [2.75, 3.05) is 13.6 Å². The largest absolute Gasteiger partial charge is 0.359 e. The van der Waals surface area contributed by atoms with Gasteiger partial charge in [-0.25, -0.2) is 13.1 Å². The predicted molar refractivity (Wildman–Crippen MR) is 87.2 cm³/mol. The molecule has 0 heterocycles. The molecule has 9 heteroatoms. The van der Waals surface area contributed by atoms with E-state index in [9.17, 15) is 13.2 Å². The van der Waals surface area contributed by atoms with Crippen LogP contribution in [0.5, 0.6) is 0 Å². The summed E-state index contributed by atoms with van der Waals surface area (Å²) in [6, 6.07) is 2.87. The van der Waals surface area contributed by atoms with E-state index in [1.165, 1.54) is 19.2 Å². The highest BCUT2D eigenvalue weighted by Crippen LogP contribution is 2.33. The number of halogens is 3. The maximum absolute atomic E-state index is 12.3. The molecule has 1 aromatic carbocycles. The van der Waals surface area contributed by atoms with E-state index >= 15 is 0 Å². The molecule has 0 saturated carbocycles.